The first-order valence-electron chi connectivity index (χ1n) is 6.55. The summed E-state index contributed by atoms with van der Waals surface area (Å²) in [7, 11) is 0. The number of nitrogens with zero attached hydrogens (tertiary/aromatic N) is 1. The maximum absolute atomic E-state index is 12.3. The van der Waals surface area contributed by atoms with Crippen molar-refractivity contribution in [2.75, 3.05) is 13.1 Å². The summed E-state index contributed by atoms with van der Waals surface area (Å²) in [5, 5.41) is 13.6. The van der Waals surface area contributed by atoms with Crippen LogP contribution >= 0.6 is 24.0 Å². The van der Waals surface area contributed by atoms with Crippen LogP contribution < -0.4 is 10.6 Å². The molecule has 0 spiro atoms. The first-order chi connectivity index (χ1) is 9.75. The number of amides is 1. The van der Waals surface area contributed by atoms with Gasteiger partial charge in [0.15, 0.2) is 0 Å². The molecular weight excluding hydrogens is 311 g/mol. The van der Waals surface area contributed by atoms with E-state index >= 15 is 0 Å². The lowest BCUT2D eigenvalue weighted by molar-refractivity contribution is 0.0941. The molecule has 1 atom stereocenters. The third kappa shape index (κ3) is 3.37. The predicted molar refractivity (Wildman–Crippen MR) is 85.0 cm³/mol. The second kappa shape index (κ2) is 6.93. The van der Waals surface area contributed by atoms with Gasteiger partial charge in [-0.15, -0.1) is 12.4 Å². The van der Waals surface area contributed by atoms with Crippen LogP contribution in [0.25, 0.3) is 11.3 Å². The summed E-state index contributed by atoms with van der Waals surface area (Å²) >= 11 is 6.17. The molecule has 1 aliphatic rings. The summed E-state index contributed by atoms with van der Waals surface area (Å²) in [4.78, 5) is 12.3. The molecule has 7 heteroatoms. The Morgan fingerprint density at radius 1 is 1.38 bits per heavy atom. The van der Waals surface area contributed by atoms with E-state index in [9.17, 15) is 4.79 Å². The number of H-pyrrole nitrogens is 1. The highest BCUT2D eigenvalue weighted by atomic mass is 35.5. The summed E-state index contributed by atoms with van der Waals surface area (Å²) in [6, 6.07) is 7.57. The minimum Gasteiger partial charge on any atom is -0.348 e. The molecule has 1 fully saturated rings. The van der Waals surface area contributed by atoms with E-state index in [1.165, 1.54) is 6.20 Å². The van der Waals surface area contributed by atoms with Crippen molar-refractivity contribution in [3.8, 4) is 11.3 Å². The first kappa shape index (κ1) is 15.8. The average molecular weight is 327 g/mol. The summed E-state index contributed by atoms with van der Waals surface area (Å²) < 4.78 is 0. The number of nitrogens with one attached hydrogen (secondary N) is 3. The van der Waals surface area contributed by atoms with Gasteiger partial charge in [0.25, 0.3) is 5.91 Å². The second-order valence-corrected chi connectivity index (χ2v) is 5.21. The zero-order chi connectivity index (χ0) is 13.9. The number of carbonyl (C=O) groups is 1. The van der Waals surface area contributed by atoms with Gasteiger partial charge in [0.1, 0.15) is 0 Å². The molecule has 1 unspecified atom stereocenters. The quantitative estimate of drug-likeness (QED) is 0.810. The van der Waals surface area contributed by atoms with Crippen molar-refractivity contribution < 1.29 is 4.79 Å². The Morgan fingerprint density at radius 2 is 2.19 bits per heavy atom. The third-order valence-corrected chi connectivity index (χ3v) is 3.75. The Balaban J connectivity index is 0.00000161. The lowest BCUT2D eigenvalue weighted by Crippen LogP contribution is -2.36. The van der Waals surface area contributed by atoms with Gasteiger partial charge in [0.2, 0.25) is 0 Å². The smallest absolute Gasteiger partial charge is 0.255 e. The van der Waals surface area contributed by atoms with Crippen LogP contribution in [0, 0.1) is 0 Å². The maximum Gasteiger partial charge on any atom is 0.255 e. The lowest BCUT2D eigenvalue weighted by atomic mass is 10.1. The van der Waals surface area contributed by atoms with Gasteiger partial charge in [-0.1, -0.05) is 29.8 Å². The van der Waals surface area contributed by atoms with Gasteiger partial charge in [-0.25, -0.2) is 0 Å². The highest BCUT2D eigenvalue weighted by Gasteiger charge is 2.21. The molecule has 0 bridgehead atoms. The fraction of sp³-hybridized carbons (Fsp3) is 0.286. The van der Waals surface area contributed by atoms with E-state index in [1.54, 1.807) is 6.07 Å². The van der Waals surface area contributed by atoms with Crippen molar-refractivity contribution in [3.63, 3.8) is 0 Å². The molecule has 2 aromatic rings. The topological polar surface area (TPSA) is 69.8 Å². The van der Waals surface area contributed by atoms with Crippen molar-refractivity contribution in [1.29, 1.82) is 0 Å². The van der Waals surface area contributed by atoms with E-state index in [0.29, 0.717) is 16.3 Å². The van der Waals surface area contributed by atoms with Crippen LogP contribution in [0.2, 0.25) is 5.02 Å². The zero-order valence-corrected chi connectivity index (χ0v) is 12.8. The Bertz CT molecular complexity index is 623. The molecule has 1 aliphatic heterocycles. The normalized spacial score (nSPS) is 17.3. The summed E-state index contributed by atoms with van der Waals surface area (Å²) in [6.07, 6.45) is 2.49. The molecule has 1 saturated heterocycles. The van der Waals surface area contributed by atoms with Crippen molar-refractivity contribution in [2.24, 2.45) is 0 Å². The maximum atomic E-state index is 12.3. The molecule has 21 heavy (non-hydrogen) atoms. The van der Waals surface area contributed by atoms with Gasteiger partial charge < -0.3 is 10.6 Å². The van der Waals surface area contributed by atoms with Crippen molar-refractivity contribution >= 4 is 29.9 Å². The van der Waals surface area contributed by atoms with E-state index in [-0.39, 0.29) is 24.4 Å². The summed E-state index contributed by atoms with van der Waals surface area (Å²) in [5.41, 5.74) is 1.95. The lowest BCUT2D eigenvalue weighted by Gasteiger charge is -2.11. The molecule has 112 valence electrons. The Morgan fingerprint density at radius 3 is 2.90 bits per heavy atom. The molecule has 5 nitrogen and oxygen atoms in total. The van der Waals surface area contributed by atoms with E-state index in [0.717, 1.165) is 25.1 Å². The molecule has 0 aliphatic carbocycles. The highest BCUT2D eigenvalue weighted by molar-refractivity contribution is 6.33. The van der Waals surface area contributed by atoms with Gasteiger partial charge in [-0.05, 0) is 19.0 Å². The molecule has 3 rings (SSSR count). The SMILES string of the molecule is Cl.O=C(NC1CCNC1)c1cn[nH]c1-c1ccccc1Cl. The van der Waals surface area contributed by atoms with Gasteiger partial charge in [-0.3, -0.25) is 9.89 Å². The van der Waals surface area contributed by atoms with Crippen LogP contribution in [0.5, 0.6) is 0 Å². The molecule has 0 radical (unpaired) electrons. The molecular formula is C14H16Cl2N4O. The number of halogens is 2. The molecule has 1 amide bonds. The van der Waals surface area contributed by atoms with Crippen molar-refractivity contribution in [2.45, 2.75) is 12.5 Å². The number of aromatic nitrogens is 2. The van der Waals surface area contributed by atoms with Crippen LogP contribution in [-0.2, 0) is 0 Å². The largest absolute Gasteiger partial charge is 0.348 e. The Kier molecular flexibility index (Phi) is 5.22. The summed E-state index contributed by atoms with van der Waals surface area (Å²) in [5.74, 6) is -0.123. The van der Waals surface area contributed by atoms with Gasteiger partial charge in [-0.2, -0.15) is 5.10 Å². The molecule has 3 N–H and O–H groups in total. The number of rotatable bonds is 3. The Labute approximate surface area is 133 Å². The van der Waals surface area contributed by atoms with Crippen LogP contribution in [0.1, 0.15) is 16.8 Å². The number of hydrogen-bond donors (Lipinski definition) is 3. The first-order valence-corrected chi connectivity index (χ1v) is 6.93. The minimum absolute atomic E-state index is 0. The Hall–Kier alpha value is -1.56. The monoisotopic (exact) mass is 326 g/mol. The van der Waals surface area contributed by atoms with Crippen LogP contribution in [0.4, 0.5) is 0 Å². The standard InChI is InChI=1S/C14H15ClN4O.ClH/c15-12-4-2-1-3-10(12)13-11(8-17-19-13)14(20)18-9-5-6-16-7-9;/h1-4,8-9,16H,5-7H2,(H,17,19)(H,18,20);1H. The predicted octanol–water partition coefficient (Wildman–Crippen LogP) is 2.24. The fourth-order valence-electron chi connectivity index (χ4n) is 2.37. The van der Waals surface area contributed by atoms with Crippen molar-refractivity contribution in [1.82, 2.24) is 20.8 Å². The molecule has 1 aromatic heterocycles. The highest BCUT2D eigenvalue weighted by Crippen LogP contribution is 2.28. The van der Waals surface area contributed by atoms with E-state index < -0.39 is 0 Å². The summed E-state index contributed by atoms with van der Waals surface area (Å²) in [6.45, 7) is 1.75. The molecule has 0 saturated carbocycles. The number of hydrogen-bond acceptors (Lipinski definition) is 3. The van der Waals surface area contributed by atoms with E-state index in [1.807, 2.05) is 18.2 Å². The van der Waals surface area contributed by atoms with Gasteiger partial charge in [0, 0.05) is 23.2 Å². The fourth-order valence-corrected chi connectivity index (χ4v) is 2.60. The third-order valence-electron chi connectivity index (χ3n) is 3.42. The van der Waals surface area contributed by atoms with Crippen molar-refractivity contribution in [3.05, 3.63) is 41.0 Å². The molecule has 1 aromatic carbocycles. The van der Waals surface area contributed by atoms with Gasteiger partial charge in [0.05, 0.1) is 17.5 Å². The number of aromatic amines is 1. The zero-order valence-electron chi connectivity index (χ0n) is 11.2. The second-order valence-electron chi connectivity index (χ2n) is 4.80. The van der Waals surface area contributed by atoms with Crippen LogP contribution in [0.3, 0.4) is 0 Å². The van der Waals surface area contributed by atoms with Crippen LogP contribution in [-0.4, -0.2) is 35.2 Å². The number of carbonyl (C=O) groups excluding carboxylic acids is 1. The molecule has 2 heterocycles. The van der Waals surface area contributed by atoms with Gasteiger partial charge >= 0.3 is 0 Å². The average Bonchev–Trinajstić information content (AvgIpc) is 3.09. The van der Waals surface area contributed by atoms with E-state index in [4.69, 9.17) is 11.6 Å². The van der Waals surface area contributed by atoms with Crippen LogP contribution in [0.15, 0.2) is 30.5 Å². The number of benzene rings is 1. The van der Waals surface area contributed by atoms with E-state index in [2.05, 4.69) is 20.8 Å². The minimum atomic E-state index is -0.123.